The van der Waals surface area contributed by atoms with Gasteiger partial charge in [-0.15, -0.1) is 11.3 Å². The third-order valence-corrected chi connectivity index (χ3v) is 4.70. The summed E-state index contributed by atoms with van der Waals surface area (Å²) in [6, 6.07) is 2.28. The van der Waals surface area contributed by atoms with Crippen LogP contribution in [0.25, 0.3) is 0 Å². The molecule has 0 aromatic carbocycles. The first-order valence-electron chi connectivity index (χ1n) is 4.92. The first-order chi connectivity index (χ1) is 7.16. The standard InChI is InChI=1S/C10H13BrN2OS/c1-6-7(11)4-9(15-6)8-5-10(14)13-3-2-12-8/h4,8,12H,2-3,5H2,1H3,(H,13,14). The summed E-state index contributed by atoms with van der Waals surface area (Å²) < 4.78 is 1.13. The number of rotatable bonds is 1. The fourth-order valence-electron chi connectivity index (χ4n) is 1.63. The van der Waals surface area contributed by atoms with Gasteiger partial charge < -0.3 is 10.6 Å². The smallest absolute Gasteiger partial charge is 0.221 e. The molecule has 15 heavy (non-hydrogen) atoms. The maximum Gasteiger partial charge on any atom is 0.221 e. The quantitative estimate of drug-likeness (QED) is 0.830. The Kier molecular flexibility index (Phi) is 3.43. The van der Waals surface area contributed by atoms with E-state index in [9.17, 15) is 4.79 Å². The predicted octanol–water partition coefficient (Wildman–Crippen LogP) is 1.97. The summed E-state index contributed by atoms with van der Waals surface area (Å²) in [5.74, 6) is 0.132. The lowest BCUT2D eigenvalue weighted by Gasteiger charge is -2.11. The normalized spacial score (nSPS) is 22.3. The predicted molar refractivity (Wildman–Crippen MR) is 65.1 cm³/mol. The van der Waals surface area contributed by atoms with E-state index in [2.05, 4.69) is 39.6 Å². The molecular weight excluding hydrogens is 276 g/mol. The fourth-order valence-corrected chi connectivity index (χ4v) is 3.27. The molecule has 82 valence electrons. The van der Waals surface area contributed by atoms with Gasteiger partial charge in [0.2, 0.25) is 5.91 Å². The molecule has 1 unspecified atom stereocenters. The first kappa shape index (κ1) is 11.1. The molecular formula is C10H13BrN2OS. The van der Waals surface area contributed by atoms with Crippen molar-refractivity contribution in [2.24, 2.45) is 0 Å². The van der Waals surface area contributed by atoms with Gasteiger partial charge in [0.05, 0.1) is 6.04 Å². The van der Waals surface area contributed by atoms with Crippen molar-refractivity contribution < 1.29 is 4.79 Å². The van der Waals surface area contributed by atoms with Crippen molar-refractivity contribution in [1.29, 1.82) is 0 Å². The van der Waals surface area contributed by atoms with Crippen LogP contribution in [0.15, 0.2) is 10.5 Å². The molecule has 0 saturated carbocycles. The van der Waals surface area contributed by atoms with Crippen molar-refractivity contribution in [3.8, 4) is 0 Å². The van der Waals surface area contributed by atoms with Gasteiger partial charge >= 0.3 is 0 Å². The summed E-state index contributed by atoms with van der Waals surface area (Å²) in [6.45, 7) is 3.64. The molecule has 0 radical (unpaired) electrons. The Balaban J connectivity index is 2.18. The molecule has 1 saturated heterocycles. The molecule has 1 amide bonds. The lowest BCUT2D eigenvalue weighted by Crippen LogP contribution is -2.24. The Morgan fingerprint density at radius 2 is 2.33 bits per heavy atom. The maximum absolute atomic E-state index is 11.4. The first-order valence-corrected chi connectivity index (χ1v) is 6.53. The van der Waals surface area contributed by atoms with Gasteiger partial charge in [-0.2, -0.15) is 0 Å². The molecule has 3 nitrogen and oxygen atoms in total. The molecule has 1 aromatic rings. The van der Waals surface area contributed by atoms with Crippen molar-refractivity contribution in [3.63, 3.8) is 0 Å². The third kappa shape index (κ3) is 2.59. The number of carbonyl (C=O) groups is 1. The fraction of sp³-hybridized carbons (Fsp3) is 0.500. The van der Waals surface area contributed by atoms with Crippen LogP contribution >= 0.6 is 27.3 Å². The van der Waals surface area contributed by atoms with Gasteiger partial charge in [0.1, 0.15) is 0 Å². The highest BCUT2D eigenvalue weighted by atomic mass is 79.9. The van der Waals surface area contributed by atoms with Gasteiger partial charge in [-0.1, -0.05) is 0 Å². The second-order valence-corrected chi connectivity index (χ2v) is 5.76. The zero-order valence-corrected chi connectivity index (χ0v) is 10.9. The molecule has 2 N–H and O–H groups in total. The van der Waals surface area contributed by atoms with Crippen molar-refractivity contribution in [2.75, 3.05) is 13.1 Å². The Hall–Kier alpha value is -0.390. The van der Waals surface area contributed by atoms with Gasteiger partial charge in [-0.05, 0) is 28.9 Å². The number of nitrogens with one attached hydrogen (secondary N) is 2. The van der Waals surface area contributed by atoms with Gasteiger partial charge in [-0.3, -0.25) is 4.79 Å². The monoisotopic (exact) mass is 288 g/mol. The van der Waals surface area contributed by atoms with Crippen LogP contribution in [-0.2, 0) is 4.79 Å². The highest BCUT2D eigenvalue weighted by Crippen LogP contribution is 2.32. The van der Waals surface area contributed by atoms with E-state index >= 15 is 0 Å². The molecule has 1 fully saturated rings. The third-order valence-electron chi connectivity index (χ3n) is 2.45. The second kappa shape index (κ2) is 4.63. The number of hydrogen-bond donors (Lipinski definition) is 2. The van der Waals surface area contributed by atoms with Crippen molar-refractivity contribution in [2.45, 2.75) is 19.4 Å². The molecule has 1 aliphatic heterocycles. The second-order valence-electron chi connectivity index (χ2n) is 3.61. The Labute approximate surface area is 101 Å². The SMILES string of the molecule is Cc1sc(C2CC(=O)NCCN2)cc1Br. The van der Waals surface area contributed by atoms with Gasteiger partial charge in [0.25, 0.3) is 0 Å². The molecule has 5 heteroatoms. The number of aryl methyl sites for hydroxylation is 1. The van der Waals surface area contributed by atoms with E-state index in [1.54, 1.807) is 11.3 Å². The Bertz CT molecular complexity index is 358. The summed E-state index contributed by atoms with van der Waals surface area (Å²) >= 11 is 5.24. The van der Waals surface area contributed by atoms with Crippen LogP contribution in [-0.4, -0.2) is 19.0 Å². The molecule has 2 heterocycles. The summed E-state index contributed by atoms with van der Waals surface area (Å²) in [6.07, 6.45) is 0.534. The van der Waals surface area contributed by atoms with E-state index in [4.69, 9.17) is 0 Å². The van der Waals surface area contributed by atoms with Gasteiger partial charge in [-0.25, -0.2) is 0 Å². The molecule has 2 rings (SSSR count). The lowest BCUT2D eigenvalue weighted by atomic mass is 10.1. The van der Waals surface area contributed by atoms with Crippen molar-refractivity contribution >= 4 is 33.2 Å². The Morgan fingerprint density at radius 1 is 1.53 bits per heavy atom. The summed E-state index contributed by atoms with van der Waals surface area (Å²) in [5.41, 5.74) is 0. The van der Waals surface area contributed by atoms with E-state index in [1.165, 1.54) is 9.75 Å². The number of amides is 1. The van der Waals surface area contributed by atoms with E-state index in [0.717, 1.165) is 17.6 Å². The maximum atomic E-state index is 11.4. The minimum Gasteiger partial charge on any atom is -0.355 e. The van der Waals surface area contributed by atoms with Gasteiger partial charge in [0, 0.05) is 33.7 Å². The minimum absolute atomic E-state index is 0.132. The highest BCUT2D eigenvalue weighted by Gasteiger charge is 2.20. The highest BCUT2D eigenvalue weighted by molar-refractivity contribution is 9.10. The van der Waals surface area contributed by atoms with Crippen LogP contribution in [0, 0.1) is 6.92 Å². The number of halogens is 1. The number of thiophene rings is 1. The molecule has 1 atom stereocenters. The van der Waals surface area contributed by atoms with Crippen LogP contribution < -0.4 is 10.6 Å². The van der Waals surface area contributed by atoms with Crippen molar-refractivity contribution in [3.05, 3.63) is 20.3 Å². The zero-order chi connectivity index (χ0) is 10.8. The number of carbonyl (C=O) groups excluding carboxylic acids is 1. The zero-order valence-electron chi connectivity index (χ0n) is 8.47. The van der Waals surface area contributed by atoms with Crippen LogP contribution in [0.2, 0.25) is 0 Å². The average Bonchev–Trinajstić information content (AvgIpc) is 2.41. The van der Waals surface area contributed by atoms with Crippen LogP contribution in [0.4, 0.5) is 0 Å². The van der Waals surface area contributed by atoms with Crippen LogP contribution in [0.1, 0.15) is 22.2 Å². The van der Waals surface area contributed by atoms with E-state index in [-0.39, 0.29) is 11.9 Å². The minimum atomic E-state index is 0.132. The van der Waals surface area contributed by atoms with Gasteiger partial charge in [0.15, 0.2) is 0 Å². The molecule has 0 spiro atoms. The molecule has 0 aliphatic carbocycles. The largest absolute Gasteiger partial charge is 0.355 e. The lowest BCUT2D eigenvalue weighted by molar-refractivity contribution is -0.121. The molecule has 1 aromatic heterocycles. The summed E-state index contributed by atoms with van der Waals surface area (Å²) in [7, 11) is 0. The van der Waals surface area contributed by atoms with Crippen LogP contribution in [0.5, 0.6) is 0 Å². The van der Waals surface area contributed by atoms with Crippen molar-refractivity contribution in [1.82, 2.24) is 10.6 Å². The van der Waals surface area contributed by atoms with E-state index in [1.807, 2.05) is 0 Å². The van der Waals surface area contributed by atoms with E-state index in [0.29, 0.717) is 6.42 Å². The summed E-state index contributed by atoms with van der Waals surface area (Å²) in [4.78, 5) is 13.9. The number of hydrogen-bond acceptors (Lipinski definition) is 3. The average molecular weight is 289 g/mol. The Morgan fingerprint density at radius 3 is 3.00 bits per heavy atom. The van der Waals surface area contributed by atoms with E-state index < -0.39 is 0 Å². The van der Waals surface area contributed by atoms with Crippen LogP contribution in [0.3, 0.4) is 0 Å². The molecule has 1 aliphatic rings. The summed E-state index contributed by atoms with van der Waals surface area (Å²) in [5, 5.41) is 6.23. The topological polar surface area (TPSA) is 41.1 Å². The molecule has 0 bridgehead atoms.